The first-order valence-corrected chi connectivity index (χ1v) is 35.1. The second kappa shape index (κ2) is 58.9. The van der Waals surface area contributed by atoms with Crippen LogP contribution < -0.4 is 10.2 Å². The van der Waals surface area contributed by atoms with Gasteiger partial charge in [-0.15, -0.1) is 0 Å². The minimum Gasteiger partial charge on any atom is -0.756 e. The number of likely N-dealkylation sites (N-methyl/N-ethyl adjacent to an activating group) is 1. The number of hydrogen-bond donors (Lipinski definition) is 1. The van der Waals surface area contributed by atoms with E-state index in [1.165, 1.54) is 205 Å². The summed E-state index contributed by atoms with van der Waals surface area (Å²) in [7, 11) is 1.19. The standard InChI is InChI=1S/C69H129N2O7P/c1-7-10-13-16-19-22-25-28-30-31-32-33-34-35-36-37-38-39-40-41-42-44-47-50-53-56-59-62-69(73)78-67(60-57-54-51-48-45-27-24-21-18-15-12-9-3)66(65-77-79(74,75)76-64-63-71(4,5)6)70-68(72)61-58-55-52-49-46-43-29-26-23-20-17-14-11-8-2/h19,22,28,30,32-33,35-36,57,60,66-67H,7-18,20-21,23-27,29,31,34,37-56,58-59,61-65H2,1-6H3,(H-,70,72,74,75)/b22-19-,30-28-,33-32-,36-35-,60-57-. The molecule has 462 valence electrons. The third kappa shape index (κ3) is 60.1. The highest BCUT2D eigenvalue weighted by atomic mass is 31.2. The molecule has 79 heavy (non-hydrogen) atoms. The van der Waals surface area contributed by atoms with E-state index in [9.17, 15) is 19.0 Å². The third-order valence-electron chi connectivity index (χ3n) is 15.0. The van der Waals surface area contributed by atoms with Crippen LogP contribution in [0.4, 0.5) is 0 Å². The Bertz CT molecular complexity index is 1540. The van der Waals surface area contributed by atoms with Gasteiger partial charge in [0.05, 0.1) is 33.8 Å². The highest BCUT2D eigenvalue weighted by Gasteiger charge is 2.27. The molecule has 0 saturated heterocycles. The number of rotatable bonds is 61. The van der Waals surface area contributed by atoms with Crippen molar-refractivity contribution in [2.45, 2.75) is 328 Å². The lowest BCUT2D eigenvalue weighted by molar-refractivity contribution is -0.870. The quantitative estimate of drug-likeness (QED) is 0.0212. The maximum Gasteiger partial charge on any atom is 0.306 e. The Labute approximate surface area is 490 Å². The van der Waals surface area contributed by atoms with Crippen molar-refractivity contribution in [3.8, 4) is 0 Å². The maximum absolute atomic E-state index is 13.5. The van der Waals surface area contributed by atoms with Crippen molar-refractivity contribution in [2.75, 3.05) is 40.9 Å². The Hall–Kier alpha value is -2.29. The van der Waals surface area contributed by atoms with Crippen molar-refractivity contribution in [3.05, 3.63) is 60.8 Å². The molecule has 0 aliphatic carbocycles. The molecule has 0 saturated carbocycles. The van der Waals surface area contributed by atoms with E-state index in [0.717, 1.165) is 77.0 Å². The van der Waals surface area contributed by atoms with Gasteiger partial charge in [0.1, 0.15) is 19.3 Å². The molecule has 3 unspecified atom stereocenters. The van der Waals surface area contributed by atoms with Crippen LogP contribution in [0, 0.1) is 0 Å². The molecule has 0 aromatic carbocycles. The first-order chi connectivity index (χ1) is 38.4. The summed E-state index contributed by atoms with van der Waals surface area (Å²) in [6.07, 6.45) is 74.8. The van der Waals surface area contributed by atoms with E-state index in [-0.39, 0.29) is 31.5 Å². The van der Waals surface area contributed by atoms with Crippen molar-refractivity contribution in [1.82, 2.24) is 5.32 Å². The molecule has 10 heteroatoms. The third-order valence-corrected chi connectivity index (χ3v) is 15.9. The van der Waals surface area contributed by atoms with Crippen LogP contribution in [-0.4, -0.2) is 69.4 Å². The molecule has 0 aliphatic heterocycles. The normalized spacial score (nSPS) is 14.0. The van der Waals surface area contributed by atoms with Crippen LogP contribution in [0.2, 0.25) is 0 Å². The molecule has 0 spiro atoms. The van der Waals surface area contributed by atoms with E-state index in [0.29, 0.717) is 17.4 Å². The monoisotopic (exact) mass is 1130 g/mol. The van der Waals surface area contributed by atoms with Gasteiger partial charge in [0, 0.05) is 12.8 Å². The highest BCUT2D eigenvalue weighted by molar-refractivity contribution is 7.45. The summed E-state index contributed by atoms with van der Waals surface area (Å²) >= 11 is 0. The van der Waals surface area contributed by atoms with Gasteiger partial charge in [-0.25, -0.2) is 0 Å². The molecule has 0 aromatic rings. The van der Waals surface area contributed by atoms with Gasteiger partial charge in [0.2, 0.25) is 5.91 Å². The van der Waals surface area contributed by atoms with E-state index in [4.69, 9.17) is 13.8 Å². The molecule has 1 N–H and O–H groups in total. The van der Waals surface area contributed by atoms with Gasteiger partial charge >= 0.3 is 5.97 Å². The van der Waals surface area contributed by atoms with Crippen LogP contribution in [0.15, 0.2) is 60.8 Å². The Morgan fingerprint density at radius 2 is 0.772 bits per heavy atom. The molecule has 0 aliphatic rings. The number of carbonyl (C=O) groups excluding carboxylic acids is 2. The zero-order valence-electron chi connectivity index (χ0n) is 52.8. The van der Waals surface area contributed by atoms with E-state index in [2.05, 4.69) is 74.7 Å². The summed E-state index contributed by atoms with van der Waals surface area (Å²) in [5, 5.41) is 3.04. The number of nitrogens with zero attached hydrogens (tertiary/aromatic N) is 1. The highest BCUT2D eigenvalue weighted by Crippen LogP contribution is 2.38. The second-order valence-corrected chi connectivity index (χ2v) is 25.4. The molecule has 3 atom stereocenters. The Kier molecular flexibility index (Phi) is 57.2. The fourth-order valence-corrected chi connectivity index (χ4v) is 10.5. The van der Waals surface area contributed by atoms with Crippen LogP contribution in [0.5, 0.6) is 0 Å². The maximum atomic E-state index is 13.5. The summed E-state index contributed by atoms with van der Waals surface area (Å²) in [6.45, 7) is 6.84. The molecule has 0 heterocycles. The minimum atomic E-state index is -4.70. The largest absolute Gasteiger partial charge is 0.756 e. The van der Waals surface area contributed by atoms with Gasteiger partial charge in [-0.2, -0.15) is 0 Å². The summed E-state index contributed by atoms with van der Waals surface area (Å²) in [5.41, 5.74) is 0. The number of unbranched alkanes of at least 4 members (excludes halogenated alkanes) is 37. The van der Waals surface area contributed by atoms with Crippen LogP contribution in [0.3, 0.4) is 0 Å². The number of hydrogen-bond acceptors (Lipinski definition) is 7. The molecular formula is C69H129N2O7P. The van der Waals surface area contributed by atoms with Crippen LogP contribution >= 0.6 is 7.82 Å². The lowest BCUT2D eigenvalue weighted by Crippen LogP contribution is -2.47. The van der Waals surface area contributed by atoms with Gasteiger partial charge in [-0.1, -0.05) is 287 Å². The minimum absolute atomic E-state index is 0.0219. The lowest BCUT2D eigenvalue weighted by Gasteiger charge is -2.30. The second-order valence-electron chi connectivity index (χ2n) is 24.0. The van der Waals surface area contributed by atoms with Crippen LogP contribution in [0.25, 0.3) is 0 Å². The molecular weight excluding hydrogens is 1000 g/mol. The zero-order chi connectivity index (χ0) is 57.9. The average molecular weight is 1130 g/mol. The predicted octanol–water partition coefficient (Wildman–Crippen LogP) is 20.4. The summed E-state index contributed by atoms with van der Waals surface area (Å²) in [5.74, 6) is -0.534. The van der Waals surface area contributed by atoms with Crippen LogP contribution in [-0.2, 0) is 27.9 Å². The van der Waals surface area contributed by atoms with Crippen molar-refractivity contribution in [2.24, 2.45) is 0 Å². The Morgan fingerprint density at radius 1 is 0.443 bits per heavy atom. The number of esters is 1. The smallest absolute Gasteiger partial charge is 0.306 e. The Morgan fingerprint density at radius 3 is 1.18 bits per heavy atom. The first-order valence-electron chi connectivity index (χ1n) is 33.6. The van der Waals surface area contributed by atoms with Crippen molar-refractivity contribution in [3.63, 3.8) is 0 Å². The average Bonchev–Trinajstić information content (AvgIpc) is 3.41. The van der Waals surface area contributed by atoms with E-state index >= 15 is 0 Å². The summed E-state index contributed by atoms with van der Waals surface area (Å²) in [6, 6.07) is -0.888. The van der Waals surface area contributed by atoms with E-state index in [1.54, 1.807) is 0 Å². The number of quaternary nitrogens is 1. The molecule has 0 bridgehead atoms. The van der Waals surface area contributed by atoms with Crippen LogP contribution in [0.1, 0.15) is 316 Å². The zero-order valence-corrected chi connectivity index (χ0v) is 53.7. The topological polar surface area (TPSA) is 114 Å². The van der Waals surface area contributed by atoms with Gasteiger partial charge in [0.15, 0.2) is 0 Å². The Balaban J connectivity index is 5.05. The molecule has 1 amide bonds. The number of allylic oxidation sites excluding steroid dienone is 9. The fraction of sp³-hybridized carbons (Fsp3) is 0.826. The molecule has 9 nitrogen and oxygen atoms in total. The fourth-order valence-electron chi connectivity index (χ4n) is 9.74. The van der Waals surface area contributed by atoms with Gasteiger partial charge in [-0.3, -0.25) is 14.2 Å². The number of phosphoric ester groups is 1. The van der Waals surface area contributed by atoms with E-state index < -0.39 is 20.0 Å². The number of carbonyl (C=O) groups is 2. The predicted molar refractivity (Wildman–Crippen MR) is 339 cm³/mol. The molecule has 0 fully saturated rings. The number of nitrogens with one attached hydrogen (secondary N) is 1. The van der Waals surface area contributed by atoms with Gasteiger partial charge in [-0.05, 0) is 76.7 Å². The number of ether oxygens (including phenoxy) is 1. The van der Waals surface area contributed by atoms with Gasteiger partial charge in [0.25, 0.3) is 7.82 Å². The van der Waals surface area contributed by atoms with Crippen molar-refractivity contribution >= 4 is 19.7 Å². The van der Waals surface area contributed by atoms with Crippen molar-refractivity contribution < 1.29 is 37.3 Å². The summed E-state index contributed by atoms with van der Waals surface area (Å²) in [4.78, 5) is 40.0. The SMILES string of the molecule is CCCCC/C=C\C/C=C\C/C=C\C/C=C\CCCCCCCCCCCCCC(=O)OC(/C=C\CCCCCCCCCCCC)C(COP(=O)([O-])OCC[N+](C)(C)C)NC(=O)CCCCCCCCCCCCCCCC. The van der Waals surface area contributed by atoms with E-state index in [1.807, 2.05) is 33.3 Å². The first kappa shape index (κ1) is 76.7. The molecule has 0 rings (SSSR count). The summed E-state index contributed by atoms with van der Waals surface area (Å²) < 4.78 is 30.4. The number of amides is 1. The molecule has 0 aromatic heterocycles. The number of phosphoric acid groups is 1. The molecule has 0 radical (unpaired) electrons. The lowest BCUT2D eigenvalue weighted by atomic mass is 10.0. The van der Waals surface area contributed by atoms with Crippen molar-refractivity contribution in [1.29, 1.82) is 0 Å². The van der Waals surface area contributed by atoms with Gasteiger partial charge < -0.3 is 28.5 Å².